The van der Waals surface area contributed by atoms with Crippen LogP contribution >= 0.6 is 0 Å². The number of benzene rings is 1. The maximum atomic E-state index is 11.1. The van der Waals surface area contributed by atoms with Crippen molar-refractivity contribution in [3.8, 4) is 5.75 Å². The van der Waals surface area contributed by atoms with E-state index in [2.05, 4.69) is 5.10 Å². The molecule has 0 saturated heterocycles. The molecule has 19 heavy (non-hydrogen) atoms. The lowest BCUT2D eigenvalue weighted by Gasteiger charge is -2.05. The van der Waals surface area contributed by atoms with Gasteiger partial charge in [-0.1, -0.05) is 17.7 Å². The predicted molar refractivity (Wildman–Crippen MR) is 70.1 cm³/mol. The van der Waals surface area contributed by atoms with Gasteiger partial charge in [-0.2, -0.15) is 5.10 Å². The number of aryl methyl sites for hydroxylation is 2. The number of hydrogen-bond donors (Lipinski definition) is 2. The van der Waals surface area contributed by atoms with Gasteiger partial charge in [0.15, 0.2) is 0 Å². The third-order valence-electron chi connectivity index (χ3n) is 2.77. The van der Waals surface area contributed by atoms with Crippen molar-refractivity contribution in [3.63, 3.8) is 0 Å². The average Bonchev–Trinajstić information content (AvgIpc) is 2.64. The number of carbonyl (C=O) groups is 1. The maximum absolute atomic E-state index is 11.1. The summed E-state index contributed by atoms with van der Waals surface area (Å²) in [5.41, 5.74) is 7.09. The van der Waals surface area contributed by atoms with Crippen molar-refractivity contribution >= 4 is 11.8 Å². The third kappa shape index (κ3) is 2.67. The number of nitrogens with zero attached hydrogens (tertiary/aromatic N) is 2. The molecule has 6 heteroatoms. The van der Waals surface area contributed by atoms with Gasteiger partial charge in [0.2, 0.25) is 0 Å². The highest BCUT2D eigenvalue weighted by Crippen LogP contribution is 2.19. The number of carboxylic acids is 1. The molecule has 1 aromatic heterocycles. The van der Waals surface area contributed by atoms with Gasteiger partial charge >= 0.3 is 5.97 Å². The van der Waals surface area contributed by atoms with E-state index in [4.69, 9.17) is 15.6 Å². The van der Waals surface area contributed by atoms with E-state index in [-0.39, 0.29) is 18.0 Å². The Morgan fingerprint density at radius 3 is 2.63 bits per heavy atom. The first-order valence-electron chi connectivity index (χ1n) is 5.73. The highest BCUT2D eigenvalue weighted by Gasteiger charge is 2.20. The molecule has 0 saturated carbocycles. The molecule has 0 aliphatic heterocycles. The largest absolute Gasteiger partial charge is 0.487 e. The summed E-state index contributed by atoms with van der Waals surface area (Å²) >= 11 is 0. The Balaban J connectivity index is 2.18. The van der Waals surface area contributed by atoms with Gasteiger partial charge in [-0.3, -0.25) is 4.68 Å². The highest BCUT2D eigenvalue weighted by atomic mass is 16.5. The van der Waals surface area contributed by atoms with Crippen LogP contribution in [0.4, 0.5) is 5.82 Å². The standard InChI is InChI=1S/C13H15N3O3/c1-8-3-5-9(6-4-8)19-7-10-11(13(17)18)12(14)16(2)15-10/h3-6H,7,14H2,1-2H3,(H,17,18). The van der Waals surface area contributed by atoms with Gasteiger partial charge in [0.05, 0.1) is 0 Å². The SMILES string of the molecule is Cc1ccc(OCc2nn(C)c(N)c2C(=O)O)cc1. The molecular formula is C13H15N3O3. The molecule has 0 atom stereocenters. The second kappa shape index (κ2) is 5.01. The average molecular weight is 261 g/mol. The number of nitrogen functional groups attached to an aromatic ring is 1. The molecule has 0 aliphatic carbocycles. The third-order valence-corrected chi connectivity index (χ3v) is 2.77. The number of hydrogen-bond acceptors (Lipinski definition) is 4. The lowest BCUT2D eigenvalue weighted by atomic mass is 10.2. The molecule has 3 N–H and O–H groups in total. The van der Waals surface area contributed by atoms with Crippen molar-refractivity contribution in [1.82, 2.24) is 9.78 Å². The zero-order valence-corrected chi connectivity index (χ0v) is 10.8. The van der Waals surface area contributed by atoms with E-state index in [0.29, 0.717) is 11.4 Å². The molecule has 2 aromatic rings. The lowest BCUT2D eigenvalue weighted by Crippen LogP contribution is -2.06. The maximum Gasteiger partial charge on any atom is 0.341 e. The van der Waals surface area contributed by atoms with Crippen LogP contribution in [-0.2, 0) is 13.7 Å². The van der Waals surface area contributed by atoms with Crippen LogP contribution in [0.1, 0.15) is 21.6 Å². The zero-order chi connectivity index (χ0) is 14.0. The summed E-state index contributed by atoms with van der Waals surface area (Å²) in [6.45, 7) is 2.04. The van der Waals surface area contributed by atoms with Gasteiger partial charge in [0.25, 0.3) is 0 Å². The van der Waals surface area contributed by atoms with Crippen LogP contribution in [0.5, 0.6) is 5.75 Å². The van der Waals surface area contributed by atoms with Gasteiger partial charge in [0.1, 0.15) is 29.4 Å². The Morgan fingerprint density at radius 1 is 1.42 bits per heavy atom. The van der Waals surface area contributed by atoms with Gasteiger partial charge in [-0.05, 0) is 19.1 Å². The van der Waals surface area contributed by atoms with Crippen LogP contribution < -0.4 is 10.5 Å². The van der Waals surface area contributed by atoms with Crippen molar-refractivity contribution in [1.29, 1.82) is 0 Å². The predicted octanol–water partition coefficient (Wildman–Crippen LogP) is 1.59. The summed E-state index contributed by atoms with van der Waals surface area (Å²) in [5, 5.41) is 13.2. The summed E-state index contributed by atoms with van der Waals surface area (Å²) in [7, 11) is 1.59. The summed E-state index contributed by atoms with van der Waals surface area (Å²) in [4.78, 5) is 11.1. The number of aromatic carboxylic acids is 1. The van der Waals surface area contributed by atoms with E-state index in [9.17, 15) is 4.79 Å². The van der Waals surface area contributed by atoms with Crippen LogP contribution in [-0.4, -0.2) is 20.9 Å². The Labute approximate surface area is 110 Å². The van der Waals surface area contributed by atoms with Crippen LogP contribution in [0.3, 0.4) is 0 Å². The Morgan fingerprint density at radius 2 is 2.05 bits per heavy atom. The highest BCUT2D eigenvalue weighted by molar-refractivity contribution is 5.94. The minimum Gasteiger partial charge on any atom is -0.487 e. The first-order valence-corrected chi connectivity index (χ1v) is 5.73. The van der Waals surface area contributed by atoms with Crippen LogP contribution in [0.15, 0.2) is 24.3 Å². The van der Waals surface area contributed by atoms with E-state index in [1.807, 2.05) is 31.2 Å². The monoisotopic (exact) mass is 261 g/mol. The minimum atomic E-state index is -1.10. The number of rotatable bonds is 4. The number of ether oxygens (including phenoxy) is 1. The topological polar surface area (TPSA) is 90.4 Å². The van der Waals surface area contributed by atoms with E-state index in [0.717, 1.165) is 5.56 Å². The molecule has 0 aliphatic rings. The smallest absolute Gasteiger partial charge is 0.341 e. The number of anilines is 1. The van der Waals surface area contributed by atoms with Crippen molar-refractivity contribution in [2.45, 2.75) is 13.5 Å². The van der Waals surface area contributed by atoms with Crippen LogP contribution in [0, 0.1) is 6.92 Å². The lowest BCUT2D eigenvalue weighted by molar-refractivity contribution is 0.0695. The van der Waals surface area contributed by atoms with E-state index < -0.39 is 5.97 Å². The Kier molecular flexibility index (Phi) is 3.41. The molecule has 1 heterocycles. The number of nitrogens with two attached hydrogens (primary N) is 1. The fraction of sp³-hybridized carbons (Fsp3) is 0.231. The second-order valence-corrected chi connectivity index (χ2v) is 4.24. The first-order chi connectivity index (χ1) is 8.99. The van der Waals surface area contributed by atoms with E-state index in [1.54, 1.807) is 7.05 Å². The fourth-order valence-corrected chi connectivity index (χ4v) is 1.71. The molecule has 100 valence electrons. The van der Waals surface area contributed by atoms with Crippen LogP contribution in [0.2, 0.25) is 0 Å². The van der Waals surface area contributed by atoms with Crippen molar-refractivity contribution in [2.75, 3.05) is 5.73 Å². The Bertz CT molecular complexity index is 602. The Hall–Kier alpha value is -2.50. The molecule has 0 fully saturated rings. The van der Waals surface area contributed by atoms with E-state index in [1.165, 1.54) is 4.68 Å². The summed E-state index contributed by atoms with van der Waals surface area (Å²) < 4.78 is 6.84. The molecule has 0 bridgehead atoms. The van der Waals surface area contributed by atoms with Gasteiger partial charge in [0, 0.05) is 7.05 Å². The molecule has 6 nitrogen and oxygen atoms in total. The quantitative estimate of drug-likeness (QED) is 0.872. The molecule has 1 aromatic carbocycles. The second-order valence-electron chi connectivity index (χ2n) is 4.24. The van der Waals surface area contributed by atoms with Crippen molar-refractivity contribution < 1.29 is 14.6 Å². The molecule has 2 rings (SSSR count). The molecule has 0 radical (unpaired) electrons. The van der Waals surface area contributed by atoms with Gasteiger partial charge in [-0.25, -0.2) is 4.79 Å². The van der Waals surface area contributed by atoms with Gasteiger partial charge in [-0.15, -0.1) is 0 Å². The van der Waals surface area contributed by atoms with E-state index >= 15 is 0 Å². The molecule has 0 amide bonds. The number of aromatic nitrogens is 2. The minimum absolute atomic E-state index is 0.00499. The zero-order valence-electron chi connectivity index (χ0n) is 10.8. The summed E-state index contributed by atoms with van der Waals surface area (Å²) in [6, 6.07) is 7.48. The van der Waals surface area contributed by atoms with Crippen molar-refractivity contribution in [2.24, 2.45) is 7.05 Å². The first kappa shape index (κ1) is 12.9. The van der Waals surface area contributed by atoms with Gasteiger partial charge < -0.3 is 15.6 Å². The summed E-state index contributed by atoms with van der Waals surface area (Å²) in [6.07, 6.45) is 0. The van der Waals surface area contributed by atoms with Crippen molar-refractivity contribution in [3.05, 3.63) is 41.1 Å². The normalized spacial score (nSPS) is 10.4. The van der Waals surface area contributed by atoms with Crippen LogP contribution in [0.25, 0.3) is 0 Å². The molecular weight excluding hydrogens is 246 g/mol. The fourth-order valence-electron chi connectivity index (χ4n) is 1.71. The molecule has 0 spiro atoms. The number of carboxylic acid groups (broad SMARTS) is 1. The summed E-state index contributed by atoms with van der Waals surface area (Å²) in [5.74, 6) is -0.325. The molecule has 0 unspecified atom stereocenters.